The first kappa shape index (κ1) is 27.5. The Bertz CT molecular complexity index is 1680. The van der Waals surface area contributed by atoms with Gasteiger partial charge in [0.15, 0.2) is 0 Å². The molecule has 2 heterocycles. The maximum Gasteiger partial charge on any atom is 0.236 e. The first-order valence-corrected chi connectivity index (χ1v) is 15.5. The highest BCUT2D eigenvalue weighted by Crippen LogP contribution is 2.37. The molecule has 6 nitrogen and oxygen atoms in total. The molecule has 1 aromatic heterocycles. The summed E-state index contributed by atoms with van der Waals surface area (Å²) >= 11 is 12.1. The van der Waals surface area contributed by atoms with Crippen molar-refractivity contribution in [3.63, 3.8) is 0 Å². The number of sulfone groups is 1. The van der Waals surface area contributed by atoms with Crippen LogP contribution < -0.4 is 4.90 Å². The molecule has 0 atom stereocenters. The number of rotatable bonds is 7. The van der Waals surface area contributed by atoms with Gasteiger partial charge in [0, 0.05) is 41.8 Å². The Hall–Kier alpha value is -3.62. The van der Waals surface area contributed by atoms with E-state index in [4.69, 9.17) is 27.6 Å². The van der Waals surface area contributed by atoms with Gasteiger partial charge in [-0.05, 0) is 59.7 Å². The average molecular weight is 605 g/mol. The molecular formula is C32H27Cl2N3O3S. The summed E-state index contributed by atoms with van der Waals surface area (Å²) in [5.74, 6) is 0.457. The van der Waals surface area contributed by atoms with Gasteiger partial charge in [-0.25, -0.2) is 8.42 Å². The van der Waals surface area contributed by atoms with Gasteiger partial charge in [-0.1, -0.05) is 83.9 Å². The number of benzene rings is 4. The zero-order valence-electron chi connectivity index (χ0n) is 22.0. The van der Waals surface area contributed by atoms with Crippen molar-refractivity contribution in [2.24, 2.45) is 0 Å². The SMILES string of the molecule is O=S(=O)(c1ccc(Cl)cc1)c1nc(-c2ccc(Cl)cc2)oc1N1CCN(C(c2ccccc2)c2ccccc2)CC1. The zero-order valence-corrected chi connectivity index (χ0v) is 24.4. The summed E-state index contributed by atoms with van der Waals surface area (Å²) in [7, 11) is -3.99. The van der Waals surface area contributed by atoms with E-state index in [1.54, 1.807) is 36.4 Å². The molecule has 208 valence electrons. The smallest absolute Gasteiger partial charge is 0.236 e. The van der Waals surface area contributed by atoms with Gasteiger partial charge in [-0.2, -0.15) is 4.98 Å². The number of hydrogen-bond acceptors (Lipinski definition) is 6. The van der Waals surface area contributed by atoms with E-state index in [-0.39, 0.29) is 27.7 Å². The van der Waals surface area contributed by atoms with E-state index in [0.29, 0.717) is 41.8 Å². The van der Waals surface area contributed by atoms with E-state index < -0.39 is 9.84 Å². The fraction of sp³-hybridized carbons (Fsp3) is 0.156. The molecule has 1 aliphatic heterocycles. The van der Waals surface area contributed by atoms with E-state index in [9.17, 15) is 8.42 Å². The van der Waals surface area contributed by atoms with Crippen molar-refractivity contribution in [2.75, 3.05) is 31.1 Å². The number of hydrogen-bond donors (Lipinski definition) is 0. The molecule has 1 fully saturated rings. The first-order valence-electron chi connectivity index (χ1n) is 13.3. The lowest BCUT2D eigenvalue weighted by Gasteiger charge is -2.39. The van der Waals surface area contributed by atoms with Crippen molar-refractivity contribution in [3.8, 4) is 11.5 Å². The minimum absolute atomic E-state index is 0.0798. The lowest BCUT2D eigenvalue weighted by molar-refractivity contribution is 0.209. The normalized spacial score (nSPS) is 14.5. The number of oxazole rings is 1. The molecule has 6 rings (SSSR count). The molecule has 1 saturated heterocycles. The lowest BCUT2D eigenvalue weighted by atomic mass is 9.96. The summed E-state index contributed by atoms with van der Waals surface area (Å²) < 4.78 is 33.9. The molecule has 1 aliphatic rings. The molecule has 0 aliphatic carbocycles. The van der Waals surface area contributed by atoms with E-state index in [1.807, 2.05) is 17.0 Å². The standard InChI is InChI=1S/C32H27Cl2N3O3S/c33-26-13-11-25(12-14-26)30-35-31(41(38,39)28-17-15-27(34)16-18-28)32(40-30)37-21-19-36(20-22-37)29(23-7-3-1-4-8-23)24-9-5-2-6-10-24/h1-18,29H,19-22H2. The van der Waals surface area contributed by atoms with E-state index in [2.05, 4.69) is 58.4 Å². The number of anilines is 1. The van der Waals surface area contributed by atoms with Gasteiger partial charge in [0.1, 0.15) is 0 Å². The second kappa shape index (κ2) is 11.7. The zero-order chi connectivity index (χ0) is 28.4. The van der Waals surface area contributed by atoms with E-state index >= 15 is 0 Å². The Kier molecular flexibility index (Phi) is 7.86. The summed E-state index contributed by atoms with van der Waals surface area (Å²) in [6.45, 7) is 2.53. The van der Waals surface area contributed by atoms with Gasteiger partial charge in [0.05, 0.1) is 10.9 Å². The van der Waals surface area contributed by atoms with Crippen molar-refractivity contribution >= 4 is 38.9 Å². The summed E-state index contributed by atoms with van der Waals surface area (Å²) in [6, 6.07) is 34.0. The summed E-state index contributed by atoms with van der Waals surface area (Å²) in [6.07, 6.45) is 0. The monoisotopic (exact) mass is 603 g/mol. The number of halogens is 2. The topological polar surface area (TPSA) is 66.7 Å². The van der Waals surface area contributed by atoms with Crippen LogP contribution >= 0.6 is 23.2 Å². The maximum atomic E-state index is 13.8. The van der Waals surface area contributed by atoms with Gasteiger partial charge in [0.2, 0.25) is 26.6 Å². The molecule has 0 amide bonds. The molecule has 0 spiro atoms. The molecule has 0 unspecified atom stereocenters. The van der Waals surface area contributed by atoms with Crippen LogP contribution in [-0.4, -0.2) is 44.5 Å². The molecule has 9 heteroatoms. The molecule has 0 saturated carbocycles. The van der Waals surface area contributed by atoms with Crippen LogP contribution in [0.2, 0.25) is 10.0 Å². The third kappa shape index (κ3) is 5.76. The van der Waals surface area contributed by atoms with Crippen LogP contribution in [0.4, 0.5) is 5.88 Å². The Balaban J connectivity index is 1.34. The van der Waals surface area contributed by atoms with Crippen LogP contribution in [0.25, 0.3) is 11.5 Å². The number of aromatic nitrogens is 1. The molecular weight excluding hydrogens is 577 g/mol. The highest BCUT2D eigenvalue weighted by atomic mass is 35.5. The van der Waals surface area contributed by atoms with Gasteiger partial charge >= 0.3 is 0 Å². The van der Waals surface area contributed by atoms with Crippen LogP contribution in [-0.2, 0) is 9.84 Å². The minimum Gasteiger partial charge on any atom is -0.419 e. The Morgan fingerprint density at radius 1 is 0.683 bits per heavy atom. The predicted octanol–water partition coefficient (Wildman–Crippen LogP) is 7.39. The Morgan fingerprint density at radius 2 is 1.20 bits per heavy atom. The van der Waals surface area contributed by atoms with Crippen molar-refractivity contribution < 1.29 is 12.8 Å². The highest BCUT2D eigenvalue weighted by molar-refractivity contribution is 7.91. The molecule has 5 aromatic rings. The van der Waals surface area contributed by atoms with Crippen LogP contribution in [0.3, 0.4) is 0 Å². The van der Waals surface area contributed by atoms with Crippen molar-refractivity contribution in [3.05, 3.63) is 130 Å². The van der Waals surface area contributed by atoms with Crippen LogP contribution in [0, 0.1) is 0 Å². The van der Waals surface area contributed by atoms with Crippen molar-refractivity contribution in [1.29, 1.82) is 0 Å². The summed E-state index contributed by atoms with van der Waals surface area (Å²) in [5, 5.41) is 0.909. The third-order valence-corrected chi connectivity index (χ3v) is 9.42. The second-order valence-electron chi connectivity index (χ2n) is 9.84. The fourth-order valence-electron chi connectivity index (χ4n) is 5.18. The Labute approximate surface area is 249 Å². The number of piperazine rings is 1. The second-order valence-corrected chi connectivity index (χ2v) is 12.6. The largest absolute Gasteiger partial charge is 0.419 e. The quantitative estimate of drug-likeness (QED) is 0.193. The van der Waals surface area contributed by atoms with Gasteiger partial charge in [0.25, 0.3) is 0 Å². The first-order chi connectivity index (χ1) is 19.9. The summed E-state index contributed by atoms with van der Waals surface area (Å²) in [5.41, 5.74) is 3.06. The molecule has 4 aromatic carbocycles. The fourth-order valence-corrected chi connectivity index (χ4v) is 6.76. The van der Waals surface area contributed by atoms with Crippen molar-refractivity contribution in [1.82, 2.24) is 9.88 Å². The van der Waals surface area contributed by atoms with Crippen molar-refractivity contribution in [2.45, 2.75) is 16.0 Å². The molecule has 0 radical (unpaired) electrons. The minimum atomic E-state index is -3.99. The van der Waals surface area contributed by atoms with Gasteiger partial charge < -0.3 is 9.32 Å². The summed E-state index contributed by atoms with van der Waals surface area (Å²) in [4.78, 5) is 9.01. The Morgan fingerprint density at radius 3 is 1.73 bits per heavy atom. The van der Waals surface area contributed by atoms with E-state index in [0.717, 1.165) is 0 Å². The number of nitrogens with zero attached hydrogens (tertiary/aromatic N) is 3. The molecule has 0 N–H and O–H groups in total. The highest BCUT2D eigenvalue weighted by Gasteiger charge is 2.34. The third-order valence-electron chi connectivity index (χ3n) is 7.25. The lowest BCUT2D eigenvalue weighted by Crippen LogP contribution is -2.48. The average Bonchev–Trinajstić information content (AvgIpc) is 3.46. The van der Waals surface area contributed by atoms with E-state index in [1.165, 1.54) is 23.3 Å². The van der Waals surface area contributed by atoms with Crippen LogP contribution in [0.5, 0.6) is 0 Å². The van der Waals surface area contributed by atoms with Crippen LogP contribution in [0.1, 0.15) is 17.2 Å². The van der Waals surface area contributed by atoms with Gasteiger partial charge in [-0.15, -0.1) is 0 Å². The predicted molar refractivity (Wildman–Crippen MR) is 162 cm³/mol. The molecule has 0 bridgehead atoms. The van der Waals surface area contributed by atoms with Gasteiger partial charge in [-0.3, -0.25) is 4.90 Å². The van der Waals surface area contributed by atoms with Crippen LogP contribution in [0.15, 0.2) is 124 Å². The maximum absolute atomic E-state index is 13.8. The molecule has 41 heavy (non-hydrogen) atoms.